The number of aliphatic hydroxyl groups is 1. The Morgan fingerprint density at radius 1 is 0.944 bits per heavy atom. The molecule has 0 spiro atoms. The summed E-state index contributed by atoms with van der Waals surface area (Å²) >= 11 is 0. The molecule has 3 aromatic rings. The molecular weight excluding hydrogens is 461 g/mol. The largest absolute Gasteiger partial charge is 0.507 e. The van der Waals surface area contributed by atoms with Gasteiger partial charge in [0.2, 0.25) is 0 Å². The minimum atomic E-state index is -0.998. The summed E-state index contributed by atoms with van der Waals surface area (Å²) in [6, 6.07) is 16.4. The summed E-state index contributed by atoms with van der Waals surface area (Å²) in [6.07, 6.45) is 0. The number of halogens is 1. The molecule has 1 unspecified atom stereocenters. The van der Waals surface area contributed by atoms with E-state index in [0.29, 0.717) is 22.6 Å². The Hall–Kier alpha value is -4.13. The van der Waals surface area contributed by atoms with Crippen molar-refractivity contribution < 1.29 is 28.6 Å². The number of nitrogens with zero attached hydrogens (tertiary/aromatic N) is 1. The Kier molecular flexibility index (Phi) is 6.59. The van der Waals surface area contributed by atoms with Gasteiger partial charge in [-0.3, -0.25) is 14.5 Å². The number of hydrogen-bond donors (Lipinski definition) is 1. The molecule has 0 radical (unpaired) electrons. The Bertz CT molecular complexity index is 1370. The van der Waals surface area contributed by atoms with Crippen molar-refractivity contribution in [1.29, 1.82) is 0 Å². The third kappa shape index (κ3) is 4.44. The molecule has 1 aliphatic rings. The number of rotatable bonds is 5. The first-order valence-corrected chi connectivity index (χ1v) is 11.5. The predicted octanol–water partition coefficient (Wildman–Crippen LogP) is 5.77. The molecule has 7 heteroatoms. The molecule has 1 saturated heterocycles. The quantitative estimate of drug-likeness (QED) is 0.280. The molecule has 0 saturated carbocycles. The molecule has 186 valence electrons. The first-order valence-electron chi connectivity index (χ1n) is 11.5. The van der Waals surface area contributed by atoms with Crippen molar-refractivity contribution >= 4 is 23.1 Å². The zero-order chi connectivity index (χ0) is 26.2. The first-order chi connectivity index (χ1) is 17.1. The predicted molar refractivity (Wildman–Crippen MR) is 136 cm³/mol. The van der Waals surface area contributed by atoms with Gasteiger partial charge in [-0.15, -0.1) is 0 Å². The summed E-state index contributed by atoms with van der Waals surface area (Å²) in [7, 11) is 3.07. The summed E-state index contributed by atoms with van der Waals surface area (Å²) in [5, 5.41) is 11.5. The number of ether oxygens (including phenoxy) is 2. The Morgan fingerprint density at radius 3 is 2.31 bits per heavy atom. The molecule has 1 atom stereocenters. The summed E-state index contributed by atoms with van der Waals surface area (Å²) in [4.78, 5) is 27.9. The van der Waals surface area contributed by atoms with Crippen molar-refractivity contribution in [1.82, 2.24) is 0 Å². The molecule has 0 aliphatic carbocycles. The molecule has 1 fully saturated rings. The highest BCUT2D eigenvalue weighted by Crippen LogP contribution is 2.43. The number of anilines is 1. The number of Topliss-reactive ketones (excluding diaryl/α,β-unsaturated/α-hetero) is 1. The first kappa shape index (κ1) is 25.0. The minimum Gasteiger partial charge on any atom is -0.507 e. The van der Waals surface area contributed by atoms with E-state index in [9.17, 15) is 19.1 Å². The maximum atomic E-state index is 14.1. The standard InChI is InChI=1S/C29H28FNO5/c1-29(2,3)22-15-18(12-13-23(22)36-5)26(32)24-25(17-8-6-11-21(14-17)35-4)31(28(34)27(24)33)20-10-7-9-19(30)16-20/h6-16,25,32H,1-5H3/b26-24-. The number of methoxy groups -OCH3 is 2. The lowest BCUT2D eigenvalue weighted by Crippen LogP contribution is -2.29. The number of aliphatic hydroxyl groups excluding tert-OH is 1. The number of carbonyl (C=O) groups excluding carboxylic acids is 2. The summed E-state index contributed by atoms with van der Waals surface area (Å²) in [6.45, 7) is 6.02. The van der Waals surface area contributed by atoms with Gasteiger partial charge in [-0.25, -0.2) is 4.39 Å². The second-order valence-electron chi connectivity index (χ2n) is 9.59. The average Bonchev–Trinajstić information content (AvgIpc) is 3.13. The van der Waals surface area contributed by atoms with Gasteiger partial charge in [0.25, 0.3) is 11.7 Å². The Labute approximate surface area is 209 Å². The Balaban J connectivity index is 1.98. The van der Waals surface area contributed by atoms with Crippen molar-refractivity contribution in [2.24, 2.45) is 0 Å². The van der Waals surface area contributed by atoms with Gasteiger partial charge >= 0.3 is 0 Å². The highest BCUT2D eigenvalue weighted by atomic mass is 19.1. The smallest absolute Gasteiger partial charge is 0.300 e. The maximum Gasteiger partial charge on any atom is 0.300 e. The molecule has 4 rings (SSSR count). The monoisotopic (exact) mass is 489 g/mol. The average molecular weight is 490 g/mol. The fraction of sp³-hybridized carbons (Fsp3) is 0.241. The number of benzene rings is 3. The number of carbonyl (C=O) groups is 2. The van der Waals surface area contributed by atoms with Gasteiger partial charge in [0.05, 0.1) is 25.8 Å². The van der Waals surface area contributed by atoms with Crippen LogP contribution in [0.1, 0.15) is 43.5 Å². The van der Waals surface area contributed by atoms with Crippen LogP contribution in [0, 0.1) is 5.82 Å². The second kappa shape index (κ2) is 9.49. The Morgan fingerprint density at radius 2 is 1.67 bits per heavy atom. The topological polar surface area (TPSA) is 76.1 Å². The van der Waals surface area contributed by atoms with Crippen molar-refractivity contribution in [3.63, 3.8) is 0 Å². The van der Waals surface area contributed by atoms with Crippen LogP contribution in [0.4, 0.5) is 10.1 Å². The summed E-state index contributed by atoms with van der Waals surface area (Å²) in [5.41, 5.74) is 1.51. The lowest BCUT2D eigenvalue weighted by Gasteiger charge is -2.26. The second-order valence-corrected chi connectivity index (χ2v) is 9.59. The van der Waals surface area contributed by atoms with Gasteiger partial charge in [0.1, 0.15) is 23.1 Å². The molecule has 6 nitrogen and oxygen atoms in total. The number of hydrogen-bond acceptors (Lipinski definition) is 5. The normalized spacial score (nSPS) is 17.4. The highest BCUT2D eigenvalue weighted by Gasteiger charge is 2.47. The minimum absolute atomic E-state index is 0.0949. The van der Waals surface area contributed by atoms with Crippen LogP contribution in [0.15, 0.2) is 72.3 Å². The van der Waals surface area contributed by atoms with E-state index in [2.05, 4.69) is 0 Å². The summed E-state index contributed by atoms with van der Waals surface area (Å²) < 4.78 is 25.0. The van der Waals surface area contributed by atoms with E-state index in [-0.39, 0.29) is 22.4 Å². The molecule has 0 aromatic heterocycles. The zero-order valence-corrected chi connectivity index (χ0v) is 20.8. The van der Waals surface area contributed by atoms with Crippen molar-refractivity contribution in [2.75, 3.05) is 19.1 Å². The third-order valence-corrected chi connectivity index (χ3v) is 6.22. The molecule has 1 N–H and O–H groups in total. The lowest BCUT2D eigenvalue weighted by atomic mass is 9.84. The van der Waals surface area contributed by atoms with E-state index in [0.717, 1.165) is 5.56 Å². The van der Waals surface area contributed by atoms with Crippen LogP contribution in [0.3, 0.4) is 0 Å². The molecule has 1 amide bonds. The van der Waals surface area contributed by atoms with E-state index >= 15 is 0 Å². The van der Waals surface area contributed by atoms with E-state index in [1.165, 1.54) is 30.2 Å². The summed E-state index contributed by atoms with van der Waals surface area (Å²) in [5.74, 6) is -1.45. The molecule has 1 heterocycles. The van der Waals surface area contributed by atoms with Crippen LogP contribution in [0.2, 0.25) is 0 Å². The maximum absolute atomic E-state index is 14.1. The van der Waals surface area contributed by atoms with E-state index in [1.54, 1.807) is 55.6 Å². The number of amides is 1. The fourth-order valence-electron chi connectivity index (χ4n) is 4.45. The van der Waals surface area contributed by atoms with Gasteiger partial charge < -0.3 is 14.6 Å². The van der Waals surface area contributed by atoms with Gasteiger partial charge in [0.15, 0.2) is 0 Å². The van der Waals surface area contributed by atoms with Crippen LogP contribution in [0.5, 0.6) is 11.5 Å². The van der Waals surface area contributed by atoms with Gasteiger partial charge in [-0.2, -0.15) is 0 Å². The molecule has 36 heavy (non-hydrogen) atoms. The van der Waals surface area contributed by atoms with Gasteiger partial charge in [-0.1, -0.05) is 39.0 Å². The van der Waals surface area contributed by atoms with Crippen molar-refractivity contribution in [3.8, 4) is 11.5 Å². The van der Waals surface area contributed by atoms with Crippen molar-refractivity contribution in [3.05, 3.63) is 94.8 Å². The number of ketones is 1. The lowest BCUT2D eigenvalue weighted by molar-refractivity contribution is -0.132. The molecule has 1 aliphatic heterocycles. The van der Waals surface area contributed by atoms with Gasteiger partial charge in [-0.05, 0) is 59.5 Å². The van der Waals surface area contributed by atoms with Crippen LogP contribution in [0.25, 0.3) is 5.76 Å². The highest BCUT2D eigenvalue weighted by molar-refractivity contribution is 6.51. The van der Waals surface area contributed by atoms with E-state index in [1.807, 2.05) is 20.8 Å². The van der Waals surface area contributed by atoms with Crippen LogP contribution in [-0.2, 0) is 15.0 Å². The molecule has 0 bridgehead atoms. The fourth-order valence-corrected chi connectivity index (χ4v) is 4.45. The molecule has 3 aromatic carbocycles. The van der Waals surface area contributed by atoms with Crippen molar-refractivity contribution in [2.45, 2.75) is 32.2 Å². The van der Waals surface area contributed by atoms with Crippen LogP contribution < -0.4 is 14.4 Å². The van der Waals surface area contributed by atoms with Crippen LogP contribution in [-0.4, -0.2) is 31.0 Å². The SMILES string of the molecule is COc1cccc(C2/C(=C(/O)c3ccc(OC)c(C(C)(C)C)c3)C(=O)C(=O)N2c2cccc(F)c2)c1. The van der Waals surface area contributed by atoms with E-state index < -0.39 is 23.5 Å². The zero-order valence-electron chi connectivity index (χ0n) is 20.8. The van der Waals surface area contributed by atoms with Gasteiger partial charge in [0, 0.05) is 16.8 Å². The van der Waals surface area contributed by atoms with Crippen LogP contribution >= 0.6 is 0 Å². The third-order valence-electron chi connectivity index (χ3n) is 6.22. The van der Waals surface area contributed by atoms with E-state index in [4.69, 9.17) is 9.47 Å². The molecular formula is C29H28FNO5.